The van der Waals surface area contributed by atoms with Gasteiger partial charge in [0, 0.05) is 48.5 Å². The quantitative estimate of drug-likeness (QED) is 0.344. The van der Waals surface area contributed by atoms with E-state index in [9.17, 15) is 5.11 Å². The van der Waals surface area contributed by atoms with E-state index in [2.05, 4.69) is 64.5 Å². The van der Waals surface area contributed by atoms with E-state index in [0.717, 1.165) is 67.2 Å². The second kappa shape index (κ2) is 11.1. The van der Waals surface area contributed by atoms with Gasteiger partial charge in [0.15, 0.2) is 0 Å². The van der Waals surface area contributed by atoms with Crippen LogP contribution in [0.2, 0.25) is 0 Å². The van der Waals surface area contributed by atoms with Gasteiger partial charge in [-0.05, 0) is 50.2 Å². The first-order valence-corrected chi connectivity index (χ1v) is 12.3. The summed E-state index contributed by atoms with van der Waals surface area (Å²) in [6.07, 6.45) is 9.76. The third-order valence-electron chi connectivity index (χ3n) is 6.61. The minimum Gasteiger partial charge on any atom is -0.395 e. The molecule has 2 heterocycles. The number of anilines is 1. The number of benzene rings is 1. The fourth-order valence-electron chi connectivity index (χ4n) is 4.78. The first kappa shape index (κ1) is 23.7. The summed E-state index contributed by atoms with van der Waals surface area (Å²) in [6, 6.07) is 9.21. The molecule has 1 fully saturated rings. The number of hydrogen-bond acceptors (Lipinski definition) is 6. The summed E-state index contributed by atoms with van der Waals surface area (Å²) in [4.78, 5) is 9.59. The number of fused-ring (bicyclic) bond motifs is 1. The molecular formula is C26H37N5O2. The van der Waals surface area contributed by atoms with Gasteiger partial charge in [-0.25, -0.2) is 4.98 Å². The van der Waals surface area contributed by atoms with E-state index in [1.165, 1.54) is 5.56 Å². The van der Waals surface area contributed by atoms with Gasteiger partial charge in [-0.1, -0.05) is 37.6 Å². The van der Waals surface area contributed by atoms with Crippen molar-refractivity contribution in [3.63, 3.8) is 0 Å². The van der Waals surface area contributed by atoms with E-state index >= 15 is 0 Å². The van der Waals surface area contributed by atoms with Gasteiger partial charge in [0.05, 0.1) is 12.7 Å². The molecule has 0 radical (unpaired) electrons. The molecule has 0 spiro atoms. The van der Waals surface area contributed by atoms with E-state index in [1.807, 2.05) is 6.20 Å². The smallest absolute Gasteiger partial charge is 0.224 e. The van der Waals surface area contributed by atoms with Crippen molar-refractivity contribution in [3.05, 3.63) is 42.2 Å². The highest BCUT2D eigenvalue weighted by molar-refractivity contribution is 5.94. The standard InChI is InChI=1S/C26H37N5O2/c1-3-4-18(2)29-26-28-16-23-24(20-7-5-19(6-8-20)15-27-13-14-32)17-31(25(23)30-26)21-9-11-22(33)12-10-21/h5-8,16-18,21-22,27,32-33H,3-4,9-15H2,1-2H3,(H,28,29,30)/t18-,21-,22-/m0/s1. The van der Waals surface area contributed by atoms with Crippen molar-refractivity contribution in [1.29, 1.82) is 0 Å². The highest BCUT2D eigenvalue weighted by Gasteiger charge is 2.24. The lowest BCUT2D eigenvalue weighted by Gasteiger charge is -2.27. The molecule has 0 aliphatic heterocycles. The molecule has 4 rings (SSSR count). The van der Waals surface area contributed by atoms with Crippen molar-refractivity contribution >= 4 is 17.0 Å². The van der Waals surface area contributed by atoms with Crippen LogP contribution in [0.3, 0.4) is 0 Å². The number of nitrogens with one attached hydrogen (secondary N) is 2. The Hall–Kier alpha value is -2.48. The van der Waals surface area contributed by atoms with Gasteiger partial charge in [-0.3, -0.25) is 0 Å². The Morgan fingerprint density at radius 3 is 2.61 bits per heavy atom. The van der Waals surface area contributed by atoms with Gasteiger partial charge in [0.1, 0.15) is 5.65 Å². The molecule has 1 aromatic carbocycles. The Morgan fingerprint density at radius 1 is 1.15 bits per heavy atom. The Kier molecular flexibility index (Phi) is 7.96. The molecule has 7 nitrogen and oxygen atoms in total. The Morgan fingerprint density at radius 2 is 1.91 bits per heavy atom. The lowest BCUT2D eigenvalue weighted by atomic mass is 9.93. The van der Waals surface area contributed by atoms with Crippen LogP contribution in [0.5, 0.6) is 0 Å². The maximum absolute atomic E-state index is 10.0. The van der Waals surface area contributed by atoms with Crippen LogP contribution in [0, 0.1) is 0 Å². The van der Waals surface area contributed by atoms with Gasteiger partial charge >= 0.3 is 0 Å². The number of aliphatic hydroxyl groups is 2. The molecule has 0 unspecified atom stereocenters. The fourth-order valence-corrected chi connectivity index (χ4v) is 4.78. The predicted molar refractivity (Wildman–Crippen MR) is 133 cm³/mol. The van der Waals surface area contributed by atoms with Gasteiger partial charge in [-0.15, -0.1) is 0 Å². The van der Waals surface area contributed by atoms with Crippen molar-refractivity contribution in [1.82, 2.24) is 19.9 Å². The summed E-state index contributed by atoms with van der Waals surface area (Å²) in [5.41, 5.74) is 4.43. The van der Waals surface area contributed by atoms with Crippen LogP contribution in [0.1, 0.15) is 64.0 Å². The van der Waals surface area contributed by atoms with Crippen LogP contribution >= 0.6 is 0 Å². The summed E-state index contributed by atoms with van der Waals surface area (Å²) in [7, 11) is 0. The zero-order chi connectivity index (χ0) is 23.2. The van der Waals surface area contributed by atoms with Crippen molar-refractivity contribution in [2.45, 2.75) is 77.1 Å². The van der Waals surface area contributed by atoms with Crippen LogP contribution in [-0.2, 0) is 6.54 Å². The first-order chi connectivity index (χ1) is 16.1. The average molecular weight is 452 g/mol. The maximum atomic E-state index is 10.0. The molecule has 1 aliphatic rings. The number of rotatable bonds is 10. The van der Waals surface area contributed by atoms with Gasteiger partial charge in [-0.2, -0.15) is 4.98 Å². The van der Waals surface area contributed by atoms with Crippen molar-refractivity contribution in [3.8, 4) is 11.1 Å². The van der Waals surface area contributed by atoms with Crippen LogP contribution in [-0.4, -0.2) is 50.0 Å². The minimum absolute atomic E-state index is 0.143. The maximum Gasteiger partial charge on any atom is 0.224 e. The van der Waals surface area contributed by atoms with E-state index in [-0.39, 0.29) is 12.7 Å². The number of aliphatic hydroxyl groups excluding tert-OH is 2. The molecule has 178 valence electrons. The lowest BCUT2D eigenvalue weighted by molar-refractivity contribution is 0.111. The third kappa shape index (κ3) is 5.72. The Bertz CT molecular complexity index is 1030. The van der Waals surface area contributed by atoms with E-state index in [4.69, 9.17) is 10.1 Å². The van der Waals surface area contributed by atoms with Crippen LogP contribution in [0.4, 0.5) is 5.95 Å². The second-order valence-electron chi connectivity index (χ2n) is 9.27. The first-order valence-electron chi connectivity index (χ1n) is 12.3. The summed E-state index contributed by atoms with van der Waals surface area (Å²) in [5, 5.41) is 26.7. The van der Waals surface area contributed by atoms with Gasteiger partial charge < -0.3 is 25.4 Å². The molecule has 1 atom stereocenters. The topological polar surface area (TPSA) is 95.2 Å². The molecule has 33 heavy (non-hydrogen) atoms. The van der Waals surface area contributed by atoms with Crippen LogP contribution in [0.25, 0.3) is 22.2 Å². The molecular weight excluding hydrogens is 414 g/mol. The van der Waals surface area contributed by atoms with Crippen molar-refractivity contribution < 1.29 is 10.2 Å². The normalized spacial score (nSPS) is 19.6. The zero-order valence-electron chi connectivity index (χ0n) is 19.8. The summed E-state index contributed by atoms with van der Waals surface area (Å²) >= 11 is 0. The van der Waals surface area contributed by atoms with E-state index in [0.29, 0.717) is 24.6 Å². The van der Waals surface area contributed by atoms with Gasteiger partial charge in [0.2, 0.25) is 5.95 Å². The summed E-state index contributed by atoms with van der Waals surface area (Å²) in [5.74, 6) is 0.676. The largest absolute Gasteiger partial charge is 0.395 e. The van der Waals surface area contributed by atoms with Crippen molar-refractivity contribution in [2.24, 2.45) is 0 Å². The number of aromatic nitrogens is 3. The molecule has 0 amide bonds. The molecule has 1 aliphatic carbocycles. The summed E-state index contributed by atoms with van der Waals surface area (Å²) in [6.45, 7) is 5.83. The minimum atomic E-state index is -0.184. The van der Waals surface area contributed by atoms with E-state index < -0.39 is 0 Å². The second-order valence-corrected chi connectivity index (χ2v) is 9.27. The molecule has 0 saturated heterocycles. The van der Waals surface area contributed by atoms with Crippen LogP contribution in [0.15, 0.2) is 36.7 Å². The monoisotopic (exact) mass is 451 g/mol. The molecule has 2 aromatic heterocycles. The predicted octanol–water partition coefficient (Wildman–Crippen LogP) is 4.26. The Balaban J connectivity index is 1.67. The SMILES string of the molecule is CCC[C@H](C)Nc1ncc2c(-c3ccc(CNCCO)cc3)cn([C@H]3CC[C@H](O)CC3)c2n1. The molecule has 3 aromatic rings. The zero-order valence-corrected chi connectivity index (χ0v) is 19.8. The van der Waals surface area contributed by atoms with Crippen molar-refractivity contribution in [2.75, 3.05) is 18.5 Å². The molecule has 0 bridgehead atoms. The number of nitrogens with zero attached hydrogens (tertiary/aromatic N) is 3. The fraction of sp³-hybridized carbons (Fsp3) is 0.538. The lowest BCUT2D eigenvalue weighted by Crippen LogP contribution is -2.21. The molecule has 1 saturated carbocycles. The third-order valence-corrected chi connectivity index (χ3v) is 6.61. The van der Waals surface area contributed by atoms with Gasteiger partial charge in [0.25, 0.3) is 0 Å². The molecule has 4 N–H and O–H groups in total. The average Bonchev–Trinajstić information content (AvgIpc) is 3.19. The molecule has 7 heteroatoms. The number of hydrogen-bond donors (Lipinski definition) is 4. The van der Waals surface area contributed by atoms with E-state index in [1.54, 1.807) is 0 Å². The Labute approximate surface area is 196 Å². The highest BCUT2D eigenvalue weighted by Crippen LogP contribution is 2.36. The highest BCUT2D eigenvalue weighted by atomic mass is 16.3. The summed E-state index contributed by atoms with van der Waals surface area (Å²) < 4.78 is 2.31. The van der Waals surface area contributed by atoms with Crippen LogP contribution < -0.4 is 10.6 Å².